The lowest BCUT2D eigenvalue weighted by Gasteiger charge is -2.22. The molecule has 1 aliphatic rings. The van der Waals surface area contributed by atoms with Crippen LogP contribution in [0.15, 0.2) is 0 Å². The summed E-state index contributed by atoms with van der Waals surface area (Å²) in [4.78, 5) is 2.45. The summed E-state index contributed by atoms with van der Waals surface area (Å²) in [7, 11) is 2.23. The van der Waals surface area contributed by atoms with Gasteiger partial charge in [0, 0.05) is 6.04 Å². The van der Waals surface area contributed by atoms with Gasteiger partial charge in [-0.1, -0.05) is 51.9 Å². The fraction of sp³-hybridized carbons (Fsp3) is 1.00. The average molecular weight is 241 g/mol. The highest BCUT2D eigenvalue weighted by atomic mass is 16.6. The van der Waals surface area contributed by atoms with Gasteiger partial charge in [0.15, 0.2) is 0 Å². The van der Waals surface area contributed by atoms with Crippen molar-refractivity contribution in [1.29, 1.82) is 0 Å². The predicted molar refractivity (Wildman–Crippen MR) is 74.4 cm³/mol. The van der Waals surface area contributed by atoms with E-state index in [1.54, 1.807) is 0 Å². The highest BCUT2D eigenvalue weighted by Gasteiger charge is 2.31. The molecular formula is C15H31NO. The van der Waals surface area contributed by atoms with E-state index in [0.29, 0.717) is 12.1 Å². The summed E-state index contributed by atoms with van der Waals surface area (Å²) >= 11 is 0. The van der Waals surface area contributed by atoms with E-state index in [2.05, 4.69) is 25.8 Å². The third-order valence-corrected chi connectivity index (χ3v) is 3.96. The van der Waals surface area contributed by atoms with Gasteiger partial charge in [0.2, 0.25) is 0 Å². The molecular weight excluding hydrogens is 210 g/mol. The second kappa shape index (κ2) is 8.93. The molecule has 0 bridgehead atoms. The molecule has 0 aliphatic carbocycles. The fourth-order valence-corrected chi connectivity index (χ4v) is 2.32. The molecule has 2 atom stereocenters. The van der Waals surface area contributed by atoms with E-state index < -0.39 is 0 Å². The molecule has 0 N–H and O–H groups in total. The highest BCUT2D eigenvalue weighted by molar-refractivity contribution is 4.82. The summed E-state index contributed by atoms with van der Waals surface area (Å²) in [5.74, 6) is 0. The minimum absolute atomic E-state index is 0.522. The Morgan fingerprint density at radius 2 is 1.59 bits per heavy atom. The number of unbranched alkanes of at least 4 members (excludes halogenated alkanes) is 7. The number of ether oxygens (including phenoxy) is 1. The number of epoxide rings is 1. The second-order valence-electron chi connectivity index (χ2n) is 5.57. The van der Waals surface area contributed by atoms with E-state index in [0.717, 1.165) is 6.61 Å². The molecule has 0 saturated carbocycles. The standard InChI is InChI=1S/C15H31NO/c1-4-5-6-7-8-9-10-11-12-16(3)14(2)15-13-17-15/h14-15H,4-13H2,1-3H3. The van der Waals surface area contributed by atoms with Crippen LogP contribution < -0.4 is 0 Å². The molecule has 2 unspecified atom stereocenters. The van der Waals surface area contributed by atoms with E-state index >= 15 is 0 Å². The minimum Gasteiger partial charge on any atom is -0.371 e. The Labute approximate surface area is 108 Å². The van der Waals surface area contributed by atoms with Gasteiger partial charge in [-0.2, -0.15) is 0 Å². The van der Waals surface area contributed by atoms with Crippen molar-refractivity contribution < 1.29 is 4.74 Å². The summed E-state index contributed by atoms with van der Waals surface area (Å²) in [6.07, 6.45) is 11.8. The molecule has 0 radical (unpaired) electrons. The van der Waals surface area contributed by atoms with Gasteiger partial charge in [0.25, 0.3) is 0 Å². The summed E-state index contributed by atoms with van der Waals surface area (Å²) in [5, 5.41) is 0. The van der Waals surface area contributed by atoms with Gasteiger partial charge in [0.1, 0.15) is 0 Å². The molecule has 0 aromatic rings. The molecule has 1 aliphatic heterocycles. The van der Waals surface area contributed by atoms with Crippen LogP contribution in [0.25, 0.3) is 0 Å². The van der Waals surface area contributed by atoms with E-state index in [9.17, 15) is 0 Å². The van der Waals surface area contributed by atoms with Crippen molar-refractivity contribution in [3.8, 4) is 0 Å². The lowest BCUT2D eigenvalue weighted by atomic mass is 10.1. The zero-order valence-electron chi connectivity index (χ0n) is 12.1. The van der Waals surface area contributed by atoms with Crippen LogP contribution in [0.5, 0.6) is 0 Å². The Kier molecular flexibility index (Phi) is 7.87. The zero-order valence-corrected chi connectivity index (χ0v) is 12.1. The van der Waals surface area contributed by atoms with Crippen LogP contribution in [-0.2, 0) is 4.74 Å². The Hall–Kier alpha value is -0.0800. The van der Waals surface area contributed by atoms with Gasteiger partial charge >= 0.3 is 0 Å². The van der Waals surface area contributed by atoms with Crippen LogP contribution in [0.2, 0.25) is 0 Å². The largest absolute Gasteiger partial charge is 0.371 e. The van der Waals surface area contributed by atoms with E-state index in [-0.39, 0.29) is 0 Å². The van der Waals surface area contributed by atoms with E-state index in [4.69, 9.17) is 4.74 Å². The smallest absolute Gasteiger partial charge is 0.0961 e. The van der Waals surface area contributed by atoms with Crippen molar-refractivity contribution in [2.45, 2.75) is 77.4 Å². The number of rotatable bonds is 11. The first-order valence-electron chi connectivity index (χ1n) is 7.57. The molecule has 0 amide bonds. The number of hydrogen-bond acceptors (Lipinski definition) is 2. The zero-order chi connectivity index (χ0) is 12.5. The number of nitrogens with zero attached hydrogens (tertiary/aromatic N) is 1. The van der Waals surface area contributed by atoms with Gasteiger partial charge in [-0.25, -0.2) is 0 Å². The maximum atomic E-state index is 5.33. The van der Waals surface area contributed by atoms with Crippen LogP contribution in [-0.4, -0.2) is 37.2 Å². The summed E-state index contributed by atoms with van der Waals surface area (Å²) in [6.45, 7) is 6.77. The lowest BCUT2D eigenvalue weighted by molar-refractivity contribution is 0.206. The van der Waals surface area contributed by atoms with Crippen LogP contribution in [0, 0.1) is 0 Å². The van der Waals surface area contributed by atoms with Crippen LogP contribution in [0.1, 0.15) is 65.2 Å². The first-order valence-corrected chi connectivity index (χ1v) is 7.57. The third kappa shape index (κ3) is 7.05. The molecule has 2 heteroatoms. The van der Waals surface area contributed by atoms with Crippen molar-refractivity contribution in [3.05, 3.63) is 0 Å². The molecule has 0 aromatic heterocycles. The van der Waals surface area contributed by atoms with Crippen molar-refractivity contribution in [3.63, 3.8) is 0 Å². The Morgan fingerprint density at radius 3 is 2.12 bits per heavy atom. The molecule has 1 saturated heterocycles. The molecule has 1 rings (SSSR count). The summed E-state index contributed by atoms with van der Waals surface area (Å²) < 4.78 is 5.33. The summed E-state index contributed by atoms with van der Waals surface area (Å²) in [5.41, 5.74) is 0. The van der Waals surface area contributed by atoms with Crippen molar-refractivity contribution >= 4 is 0 Å². The van der Waals surface area contributed by atoms with E-state index in [1.807, 2.05) is 0 Å². The molecule has 17 heavy (non-hydrogen) atoms. The first kappa shape index (κ1) is 15.0. The lowest BCUT2D eigenvalue weighted by Crippen LogP contribution is -2.34. The first-order chi connectivity index (χ1) is 8.25. The van der Waals surface area contributed by atoms with E-state index in [1.165, 1.54) is 57.9 Å². The number of hydrogen-bond donors (Lipinski definition) is 0. The van der Waals surface area contributed by atoms with Crippen molar-refractivity contribution in [2.75, 3.05) is 20.2 Å². The topological polar surface area (TPSA) is 15.8 Å². The Balaban J connectivity index is 1.83. The summed E-state index contributed by atoms with van der Waals surface area (Å²) in [6, 6.07) is 0.611. The van der Waals surface area contributed by atoms with Gasteiger partial charge in [0.05, 0.1) is 12.7 Å². The maximum Gasteiger partial charge on any atom is 0.0961 e. The SMILES string of the molecule is CCCCCCCCCCN(C)C(C)C1CO1. The molecule has 2 nitrogen and oxygen atoms in total. The molecule has 1 fully saturated rings. The highest BCUT2D eigenvalue weighted by Crippen LogP contribution is 2.18. The normalized spacial score (nSPS) is 20.8. The second-order valence-corrected chi connectivity index (χ2v) is 5.57. The third-order valence-electron chi connectivity index (χ3n) is 3.96. The van der Waals surface area contributed by atoms with Crippen molar-refractivity contribution in [1.82, 2.24) is 4.90 Å². The Morgan fingerprint density at radius 1 is 1.06 bits per heavy atom. The van der Waals surface area contributed by atoms with Gasteiger partial charge in [-0.05, 0) is 26.9 Å². The van der Waals surface area contributed by atoms with Crippen LogP contribution in [0.4, 0.5) is 0 Å². The van der Waals surface area contributed by atoms with Crippen LogP contribution >= 0.6 is 0 Å². The quantitative estimate of drug-likeness (QED) is 0.403. The van der Waals surface area contributed by atoms with Gasteiger partial charge in [-0.15, -0.1) is 0 Å². The average Bonchev–Trinajstić information content (AvgIpc) is 3.15. The van der Waals surface area contributed by atoms with Crippen LogP contribution in [0.3, 0.4) is 0 Å². The van der Waals surface area contributed by atoms with Gasteiger partial charge < -0.3 is 9.64 Å². The molecule has 0 aromatic carbocycles. The predicted octanol–water partition coefficient (Wildman–Crippen LogP) is 3.85. The fourth-order valence-electron chi connectivity index (χ4n) is 2.32. The maximum absolute atomic E-state index is 5.33. The minimum atomic E-state index is 0.522. The Bertz CT molecular complexity index is 180. The molecule has 1 heterocycles. The molecule has 0 spiro atoms. The molecule has 102 valence electrons. The van der Waals surface area contributed by atoms with Gasteiger partial charge in [-0.3, -0.25) is 0 Å². The van der Waals surface area contributed by atoms with Crippen molar-refractivity contribution in [2.24, 2.45) is 0 Å². The monoisotopic (exact) mass is 241 g/mol. The number of likely N-dealkylation sites (N-methyl/N-ethyl adjacent to an activating group) is 1.